The van der Waals surface area contributed by atoms with Gasteiger partial charge in [-0.25, -0.2) is 4.68 Å². The minimum atomic E-state index is -4.51. The topological polar surface area (TPSA) is 59.0 Å². The number of alkyl halides is 3. The lowest BCUT2D eigenvalue weighted by Crippen LogP contribution is -2.35. The van der Waals surface area contributed by atoms with Crippen LogP contribution in [0.15, 0.2) is 48.5 Å². The molecule has 0 bridgehead atoms. The zero-order valence-electron chi connectivity index (χ0n) is 16.8. The Hall–Kier alpha value is -3.00. The fourth-order valence-electron chi connectivity index (χ4n) is 3.57. The number of nitrogens with zero attached hydrogens (tertiary/aromatic N) is 2. The number of nitrogens with one attached hydrogen (secondary N) is 2. The summed E-state index contributed by atoms with van der Waals surface area (Å²) in [6.45, 7) is 3.74. The molecule has 1 aliphatic rings. The fourth-order valence-corrected chi connectivity index (χ4v) is 3.75. The molecule has 2 aromatic carbocycles. The molecule has 2 N–H and O–H groups in total. The number of halogens is 4. The summed E-state index contributed by atoms with van der Waals surface area (Å²) in [6.07, 6.45) is -4.74. The van der Waals surface area contributed by atoms with Crippen LogP contribution in [0.25, 0.3) is 0 Å². The van der Waals surface area contributed by atoms with E-state index in [2.05, 4.69) is 15.7 Å². The van der Waals surface area contributed by atoms with Crippen molar-refractivity contribution in [3.05, 3.63) is 75.9 Å². The van der Waals surface area contributed by atoms with E-state index in [1.807, 2.05) is 26.0 Å². The van der Waals surface area contributed by atoms with Crippen molar-refractivity contribution in [2.75, 3.05) is 10.6 Å². The lowest BCUT2D eigenvalue weighted by molar-refractivity contribution is -0.173. The second kappa shape index (κ2) is 7.92. The quantitative estimate of drug-likeness (QED) is 0.511. The van der Waals surface area contributed by atoms with Crippen LogP contribution in [0.5, 0.6) is 0 Å². The third-order valence-electron chi connectivity index (χ3n) is 5.33. The molecule has 5 nitrogen and oxygen atoms in total. The van der Waals surface area contributed by atoms with Crippen molar-refractivity contribution in [2.24, 2.45) is 0 Å². The molecule has 162 valence electrons. The molecule has 4 rings (SSSR count). The van der Waals surface area contributed by atoms with E-state index in [1.54, 1.807) is 30.3 Å². The molecule has 0 saturated heterocycles. The monoisotopic (exact) mass is 448 g/mol. The smallest absolute Gasteiger partial charge is 0.363 e. The van der Waals surface area contributed by atoms with Gasteiger partial charge in [0.25, 0.3) is 5.91 Å². The molecule has 0 radical (unpaired) electrons. The van der Waals surface area contributed by atoms with Gasteiger partial charge in [-0.2, -0.15) is 18.3 Å². The normalized spacial score (nSPS) is 18.3. The Balaban J connectivity index is 1.63. The standard InChI is InChI=1S/C22H20ClF3N4O/c1-12-3-6-14(7-4-12)17-10-19(22(24,25)26)30-20(28-17)11-18(29-30)21(31)27-15-8-5-13(2)16(23)9-15/h3-9,11,17,19,28H,10H2,1-2H3,(H,27,31)/t17-,19+/m1/s1. The Kier molecular flexibility index (Phi) is 5.43. The van der Waals surface area contributed by atoms with E-state index in [0.717, 1.165) is 21.4 Å². The third-order valence-corrected chi connectivity index (χ3v) is 5.74. The molecule has 2 atom stereocenters. The third kappa shape index (κ3) is 4.39. The van der Waals surface area contributed by atoms with E-state index in [0.29, 0.717) is 10.7 Å². The van der Waals surface area contributed by atoms with Crippen molar-refractivity contribution in [2.45, 2.75) is 38.5 Å². The van der Waals surface area contributed by atoms with Crippen molar-refractivity contribution in [3.8, 4) is 0 Å². The van der Waals surface area contributed by atoms with E-state index in [4.69, 9.17) is 11.6 Å². The lowest BCUT2D eigenvalue weighted by atomic mass is 9.96. The van der Waals surface area contributed by atoms with Gasteiger partial charge in [0, 0.05) is 23.2 Å². The highest BCUT2D eigenvalue weighted by Gasteiger charge is 2.46. The number of carbonyl (C=O) groups excluding carboxylic acids is 1. The number of hydrogen-bond acceptors (Lipinski definition) is 3. The number of benzene rings is 2. The summed E-state index contributed by atoms with van der Waals surface area (Å²) >= 11 is 6.07. The van der Waals surface area contributed by atoms with E-state index in [9.17, 15) is 18.0 Å². The predicted molar refractivity (Wildman–Crippen MR) is 114 cm³/mol. The Morgan fingerprint density at radius 1 is 1.16 bits per heavy atom. The average Bonchev–Trinajstić information content (AvgIpc) is 3.14. The number of rotatable bonds is 3. The molecule has 31 heavy (non-hydrogen) atoms. The molecule has 0 unspecified atom stereocenters. The highest BCUT2D eigenvalue weighted by atomic mass is 35.5. The molecule has 0 spiro atoms. The van der Waals surface area contributed by atoms with Crippen LogP contribution in [0, 0.1) is 13.8 Å². The number of carbonyl (C=O) groups is 1. The van der Waals surface area contributed by atoms with E-state index < -0.39 is 24.2 Å². The highest BCUT2D eigenvalue weighted by molar-refractivity contribution is 6.31. The number of hydrogen-bond donors (Lipinski definition) is 2. The maximum Gasteiger partial charge on any atom is 0.410 e. The number of anilines is 2. The van der Waals surface area contributed by atoms with Gasteiger partial charge in [-0.15, -0.1) is 0 Å². The molecule has 0 aliphatic carbocycles. The zero-order valence-corrected chi connectivity index (χ0v) is 17.6. The van der Waals surface area contributed by atoms with Crippen molar-refractivity contribution >= 4 is 29.0 Å². The first-order valence-corrected chi connectivity index (χ1v) is 10.1. The summed E-state index contributed by atoms with van der Waals surface area (Å²) in [4.78, 5) is 12.6. The first-order valence-electron chi connectivity index (χ1n) is 9.68. The zero-order chi connectivity index (χ0) is 22.3. The summed E-state index contributed by atoms with van der Waals surface area (Å²) in [6, 6.07) is 11.3. The van der Waals surface area contributed by atoms with Crippen LogP contribution in [0.3, 0.4) is 0 Å². The Labute approximate surface area is 182 Å². The molecular formula is C22H20ClF3N4O. The van der Waals surface area contributed by atoms with E-state index in [-0.39, 0.29) is 17.9 Å². The Morgan fingerprint density at radius 2 is 1.87 bits per heavy atom. The predicted octanol–water partition coefficient (Wildman–Crippen LogP) is 6.07. The second-order valence-electron chi connectivity index (χ2n) is 7.68. The van der Waals surface area contributed by atoms with Gasteiger partial charge >= 0.3 is 6.18 Å². The minimum absolute atomic E-state index is 0.113. The fraction of sp³-hybridized carbons (Fsp3) is 0.273. The van der Waals surface area contributed by atoms with Crippen molar-refractivity contribution in [1.29, 1.82) is 0 Å². The number of amides is 1. The van der Waals surface area contributed by atoms with Crippen LogP contribution in [-0.2, 0) is 0 Å². The molecule has 1 aliphatic heterocycles. The summed E-state index contributed by atoms with van der Waals surface area (Å²) in [5.74, 6) is -0.470. The molecule has 0 saturated carbocycles. The van der Waals surface area contributed by atoms with Crippen molar-refractivity contribution in [1.82, 2.24) is 9.78 Å². The van der Waals surface area contributed by atoms with Gasteiger partial charge < -0.3 is 10.6 Å². The maximum absolute atomic E-state index is 13.8. The summed E-state index contributed by atoms with van der Waals surface area (Å²) in [5, 5.41) is 10.2. The van der Waals surface area contributed by atoms with Gasteiger partial charge in [0.2, 0.25) is 0 Å². The number of fused-ring (bicyclic) bond motifs is 1. The van der Waals surface area contributed by atoms with Crippen LogP contribution in [-0.4, -0.2) is 21.9 Å². The van der Waals surface area contributed by atoms with Gasteiger partial charge in [0.15, 0.2) is 11.7 Å². The van der Waals surface area contributed by atoms with Gasteiger partial charge in [-0.1, -0.05) is 47.5 Å². The SMILES string of the molecule is Cc1ccc([C@H]2C[C@@H](C(F)(F)F)n3nc(C(=O)Nc4ccc(C)c(Cl)c4)cc3N2)cc1. The van der Waals surface area contributed by atoms with Crippen LogP contribution in [0.2, 0.25) is 5.02 Å². The maximum atomic E-state index is 13.8. The summed E-state index contributed by atoms with van der Waals surface area (Å²) in [5.41, 5.74) is 2.93. The van der Waals surface area contributed by atoms with Crippen LogP contribution in [0.4, 0.5) is 24.7 Å². The average molecular weight is 449 g/mol. The number of aryl methyl sites for hydroxylation is 2. The van der Waals surface area contributed by atoms with Crippen LogP contribution in [0.1, 0.15) is 45.7 Å². The molecule has 3 aromatic rings. The van der Waals surface area contributed by atoms with Crippen molar-refractivity contribution in [3.63, 3.8) is 0 Å². The molecular weight excluding hydrogens is 429 g/mol. The molecule has 0 fully saturated rings. The van der Waals surface area contributed by atoms with E-state index >= 15 is 0 Å². The number of aromatic nitrogens is 2. The van der Waals surface area contributed by atoms with Gasteiger partial charge in [0.05, 0.1) is 6.04 Å². The molecule has 1 amide bonds. The Bertz CT molecular complexity index is 1120. The van der Waals surface area contributed by atoms with Gasteiger partial charge in [0.1, 0.15) is 5.82 Å². The minimum Gasteiger partial charge on any atom is -0.363 e. The lowest BCUT2D eigenvalue weighted by Gasteiger charge is -2.33. The highest BCUT2D eigenvalue weighted by Crippen LogP contribution is 2.43. The molecule has 2 heterocycles. The van der Waals surface area contributed by atoms with Gasteiger partial charge in [-0.05, 0) is 37.1 Å². The largest absolute Gasteiger partial charge is 0.410 e. The molecule has 9 heteroatoms. The summed E-state index contributed by atoms with van der Waals surface area (Å²) in [7, 11) is 0. The van der Waals surface area contributed by atoms with Crippen molar-refractivity contribution < 1.29 is 18.0 Å². The first kappa shape index (κ1) is 21.2. The second-order valence-corrected chi connectivity index (χ2v) is 8.09. The first-order chi connectivity index (χ1) is 14.6. The molecule has 1 aromatic heterocycles. The van der Waals surface area contributed by atoms with Crippen LogP contribution >= 0.6 is 11.6 Å². The Morgan fingerprint density at radius 3 is 2.52 bits per heavy atom. The van der Waals surface area contributed by atoms with E-state index in [1.165, 1.54) is 6.07 Å². The van der Waals surface area contributed by atoms with Gasteiger partial charge in [-0.3, -0.25) is 4.79 Å². The van der Waals surface area contributed by atoms with Crippen LogP contribution < -0.4 is 10.6 Å². The summed E-state index contributed by atoms with van der Waals surface area (Å²) < 4.78 is 42.3.